The summed E-state index contributed by atoms with van der Waals surface area (Å²) in [5.74, 6) is 1.08. The summed E-state index contributed by atoms with van der Waals surface area (Å²) in [5.41, 5.74) is 0.371. The molecule has 98 valence electrons. The van der Waals surface area contributed by atoms with E-state index in [0.717, 1.165) is 31.6 Å². The smallest absolute Gasteiger partial charge is 0.126 e. The van der Waals surface area contributed by atoms with Crippen molar-refractivity contribution in [1.82, 2.24) is 0 Å². The third kappa shape index (κ3) is 2.01. The Balaban J connectivity index is 1.89. The van der Waals surface area contributed by atoms with E-state index in [4.69, 9.17) is 4.74 Å². The summed E-state index contributed by atoms with van der Waals surface area (Å²) in [6, 6.07) is 4.43. The molecule has 1 aromatic carbocycles. The van der Waals surface area contributed by atoms with Crippen molar-refractivity contribution in [3.63, 3.8) is 0 Å². The molecule has 3 rings (SSSR count). The number of hydrogen-bond donors (Lipinski definition) is 1. The molecule has 2 aliphatic rings. The van der Waals surface area contributed by atoms with Gasteiger partial charge >= 0.3 is 0 Å². The normalized spacial score (nSPS) is 35.1. The van der Waals surface area contributed by atoms with Gasteiger partial charge in [-0.3, -0.25) is 0 Å². The van der Waals surface area contributed by atoms with Gasteiger partial charge in [-0.15, -0.1) is 0 Å². The second kappa shape index (κ2) is 4.23. The molecule has 0 bridgehead atoms. The summed E-state index contributed by atoms with van der Waals surface area (Å²) < 4.78 is 19.3. The average Bonchev–Trinajstić information content (AvgIpc) is 2.35. The molecular weight excluding hydrogens is 231 g/mol. The van der Waals surface area contributed by atoms with Gasteiger partial charge in [-0.2, -0.15) is 0 Å². The SMILES string of the molecule is CC1CCC2(CC1)C[C@H](O)c1cc(F)ccc1O2. The summed E-state index contributed by atoms with van der Waals surface area (Å²) in [6.45, 7) is 2.26. The van der Waals surface area contributed by atoms with Crippen molar-refractivity contribution in [2.75, 3.05) is 0 Å². The summed E-state index contributed by atoms with van der Waals surface area (Å²) in [5, 5.41) is 10.2. The average molecular weight is 250 g/mol. The van der Waals surface area contributed by atoms with E-state index < -0.39 is 6.10 Å². The van der Waals surface area contributed by atoms with E-state index in [2.05, 4.69) is 6.92 Å². The molecule has 1 heterocycles. The standard InChI is InChI=1S/C15H19FO2/c1-10-4-6-15(7-5-10)9-13(17)12-8-11(16)2-3-14(12)18-15/h2-3,8,10,13,17H,4-7,9H2,1H3/t10?,13-,15?/m0/s1. The van der Waals surface area contributed by atoms with Crippen molar-refractivity contribution in [1.29, 1.82) is 0 Å². The maximum Gasteiger partial charge on any atom is 0.126 e. The number of halogens is 1. The summed E-state index contributed by atoms with van der Waals surface area (Å²) in [4.78, 5) is 0. The largest absolute Gasteiger partial charge is 0.487 e. The van der Waals surface area contributed by atoms with Crippen LogP contribution in [0.4, 0.5) is 4.39 Å². The molecule has 1 aromatic rings. The van der Waals surface area contributed by atoms with Gasteiger partial charge in [0.25, 0.3) is 0 Å². The number of hydrogen-bond acceptors (Lipinski definition) is 2. The van der Waals surface area contributed by atoms with Crippen molar-refractivity contribution >= 4 is 0 Å². The van der Waals surface area contributed by atoms with Gasteiger partial charge in [0.1, 0.15) is 17.2 Å². The molecule has 1 aliphatic carbocycles. The first-order valence-electron chi connectivity index (χ1n) is 6.74. The molecule has 3 heteroatoms. The quantitative estimate of drug-likeness (QED) is 0.762. The summed E-state index contributed by atoms with van der Waals surface area (Å²) in [7, 11) is 0. The highest BCUT2D eigenvalue weighted by atomic mass is 19.1. The highest BCUT2D eigenvalue weighted by Gasteiger charge is 2.42. The highest BCUT2D eigenvalue weighted by molar-refractivity contribution is 5.38. The molecule has 2 nitrogen and oxygen atoms in total. The Morgan fingerprint density at radius 3 is 2.78 bits per heavy atom. The molecular formula is C15H19FO2. The van der Waals surface area contributed by atoms with Crippen LogP contribution >= 0.6 is 0 Å². The molecule has 0 unspecified atom stereocenters. The molecule has 0 radical (unpaired) electrons. The zero-order valence-electron chi connectivity index (χ0n) is 10.7. The molecule has 18 heavy (non-hydrogen) atoms. The zero-order chi connectivity index (χ0) is 12.8. The second-order valence-electron chi connectivity index (χ2n) is 5.87. The van der Waals surface area contributed by atoms with Gasteiger partial charge in [0.15, 0.2) is 0 Å². The van der Waals surface area contributed by atoms with Crippen LogP contribution in [0.3, 0.4) is 0 Å². The first-order chi connectivity index (χ1) is 8.58. The minimum Gasteiger partial charge on any atom is -0.487 e. The lowest BCUT2D eigenvalue weighted by Gasteiger charge is -2.44. The van der Waals surface area contributed by atoms with E-state index in [0.29, 0.717) is 17.7 Å². The van der Waals surface area contributed by atoms with E-state index in [1.807, 2.05) is 0 Å². The predicted octanol–water partition coefficient (Wildman–Crippen LogP) is 3.59. The van der Waals surface area contributed by atoms with E-state index >= 15 is 0 Å². The maximum absolute atomic E-state index is 13.2. The Hall–Kier alpha value is -1.09. The Bertz CT molecular complexity index is 450. The van der Waals surface area contributed by atoms with Crippen LogP contribution in [-0.4, -0.2) is 10.7 Å². The van der Waals surface area contributed by atoms with Crippen molar-refractivity contribution in [2.45, 2.75) is 50.7 Å². The highest BCUT2D eigenvalue weighted by Crippen LogP contribution is 2.47. The third-order valence-electron chi connectivity index (χ3n) is 4.41. The third-order valence-corrected chi connectivity index (χ3v) is 4.41. The van der Waals surface area contributed by atoms with Gasteiger partial charge in [0.05, 0.1) is 6.10 Å². The lowest BCUT2D eigenvalue weighted by atomic mass is 9.74. The van der Waals surface area contributed by atoms with Crippen LogP contribution in [0.5, 0.6) is 5.75 Å². The van der Waals surface area contributed by atoms with Gasteiger partial charge < -0.3 is 9.84 Å². The van der Waals surface area contributed by atoms with Crippen molar-refractivity contribution in [2.24, 2.45) is 5.92 Å². The molecule has 1 N–H and O–H groups in total. The van der Waals surface area contributed by atoms with Crippen LogP contribution in [0.15, 0.2) is 18.2 Å². The minimum atomic E-state index is -0.599. The van der Waals surface area contributed by atoms with Crippen molar-refractivity contribution in [3.05, 3.63) is 29.6 Å². The second-order valence-corrected chi connectivity index (χ2v) is 5.87. The van der Waals surface area contributed by atoms with E-state index in [1.165, 1.54) is 12.1 Å². The molecule has 0 amide bonds. The molecule has 1 atom stereocenters. The summed E-state index contributed by atoms with van der Waals surface area (Å²) >= 11 is 0. The van der Waals surface area contributed by atoms with Crippen molar-refractivity contribution < 1.29 is 14.2 Å². The first kappa shape index (κ1) is 12.0. The first-order valence-corrected chi connectivity index (χ1v) is 6.74. The monoisotopic (exact) mass is 250 g/mol. The van der Waals surface area contributed by atoms with Crippen LogP contribution in [0, 0.1) is 11.7 Å². The number of rotatable bonds is 0. The fourth-order valence-corrected chi connectivity index (χ4v) is 3.20. The summed E-state index contributed by atoms with van der Waals surface area (Å²) in [6.07, 6.45) is 4.25. The van der Waals surface area contributed by atoms with Gasteiger partial charge in [-0.25, -0.2) is 4.39 Å². The van der Waals surface area contributed by atoms with Gasteiger partial charge in [0, 0.05) is 12.0 Å². The van der Waals surface area contributed by atoms with Gasteiger partial charge in [-0.05, 0) is 49.8 Å². The lowest BCUT2D eigenvalue weighted by molar-refractivity contribution is -0.0456. The van der Waals surface area contributed by atoms with Crippen LogP contribution in [-0.2, 0) is 0 Å². The zero-order valence-corrected chi connectivity index (χ0v) is 10.7. The van der Waals surface area contributed by atoms with E-state index in [9.17, 15) is 9.50 Å². The van der Waals surface area contributed by atoms with Crippen LogP contribution in [0.2, 0.25) is 0 Å². The van der Waals surface area contributed by atoms with Crippen LogP contribution in [0.25, 0.3) is 0 Å². The van der Waals surface area contributed by atoms with E-state index in [1.54, 1.807) is 6.07 Å². The maximum atomic E-state index is 13.2. The Morgan fingerprint density at radius 2 is 2.06 bits per heavy atom. The van der Waals surface area contributed by atoms with Gasteiger partial charge in [0.2, 0.25) is 0 Å². The molecule has 0 saturated heterocycles. The Morgan fingerprint density at radius 1 is 1.33 bits per heavy atom. The van der Waals surface area contributed by atoms with Crippen LogP contribution < -0.4 is 4.74 Å². The molecule has 1 fully saturated rings. The fourth-order valence-electron chi connectivity index (χ4n) is 3.20. The minimum absolute atomic E-state index is 0.225. The number of aliphatic hydroxyl groups is 1. The molecule has 1 saturated carbocycles. The fraction of sp³-hybridized carbons (Fsp3) is 0.600. The number of ether oxygens (including phenoxy) is 1. The predicted molar refractivity (Wildman–Crippen MR) is 67.0 cm³/mol. The number of benzene rings is 1. The topological polar surface area (TPSA) is 29.5 Å². The number of fused-ring (bicyclic) bond motifs is 1. The number of aliphatic hydroxyl groups excluding tert-OH is 1. The Labute approximate surface area is 107 Å². The molecule has 1 aliphatic heterocycles. The van der Waals surface area contributed by atoms with E-state index in [-0.39, 0.29) is 11.4 Å². The van der Waals surface area contributed by atoms with Crippen LogP contribution in [0.1, 0.15) is 50.7 Å². The van der Waals surface area contributed by atoms with Crippen molar-refractivity contribution in [3.8, 4) is 5.75 Å². The van der Waals surface area contributed by atoms with Gasteiger partial charge in [-0.1, -0.05) is 6.92 Å². The Kier molecular flexibility index (Phi) is 2.81. The molecule has 1 spiro atoms. The lowest BCUT2D eigenvalue weighted by Crippen LogP contribution is -2.43. The molecule has 0 aromatic heterocycles.